The lowest BCUT2D eigenvalue weighted by Gasteiger charge is -2.21. The smallest absolute Gasteiger partial charge is 0.0159 e. The summed E-state index contributed by atoms with van der Waals surface area (Å²) < 4.78 is 0. The van der Waals surface area contributed by atoms with Gasteiger partial charge in [0.1, 0.15) is 0 Å². The minimum absolute atomic E-state index is 0.617. The molecule has 0 bridgehead atoms. The van der Waals surface area contributed by atoms with Gasteiger partial charge < -0.3 is 0 Å². The van der Waals surface area contributed by atoms with Crippen LogP contribution in [0.25, 0.3) is 0 Å². The molecule has 0 aliphatic rings. The van der Waals surface area contributed by atoms with Gasteiger partial charge >= 0.3 is 0 Å². The standard InChI is InChI=1S/C21H28/c1-4-9-18-12-14-20(15-13-18)17(3)16-19(5-2)21-10-7-6-8-11-21/h6-8,10-15,17,19H,4-5,9,16H2,1-3H3. The fourth-order valence-electron chi connectivity index (χ4n) is 3.13. The molecule has 0 amide bonds. The predicted molar refractivity (Wildman–Crippen MR) is 92.9 cm³/mol. The van der Waals surface area contributed by atoms with E-state index >= 15 is 0 Å². The molecule has 0 saturated carbocycles. The van der Waals surface area contributed by atoms with Crippen molar-refractivity contribution in [2.45, 2.75) is 58.3 Å². The van der Waals surface area contributed by atoms with Crippen molar-refractivity contribution in [2.75, 3.05) is 0 Å². The summed E-state index contributed by atoms with van der Waals surface area (Å²) >= 11 is 0. The molecule has 0 heterocycles. The van der Waals surface area contributed by atoms with Gasteiger partial charge in [-0.3, -0.25) is 0 Å². The lowest BCUT2D eigenvalue weighted by Crippen LogP contribution is -2.03. The first-order valence-electron chi connectivity index (χ1n) is 8.38. The Morgan fingerprint density at radius 3 is 2.05 bits per heavy atom. The fourth-order valence-corrected chi connectivity index (χ4v) is 3.13. The van der Waals surface area contributed by atoms with Crippen molar-refractivity contribution >= 4 is 0 Å². The average molecular weight is 280 g/mol. The van der Waals surface area contributed by atoms with Gasteiger partial charge in [0.25, 0.3) is 0 Å². The number of aryl methyl sites for hydroxylation is 1. The van der Waals surface area contributed by atoms with Crippen LogP contribution in [0.4, 0.5) is 0 Å². The highest BCUT2D eigenvalue weighted by molar-refractivity contribution is 5.26. The Balaban J connectivity index is 2.03. The van der Waals surface area contributed by atoms with Crippen LogP contribution in [0.2, 0.25) is 0 Å². The second-order valence-electron chi connectivity index (χ2n) is 6.14. The van der Waals surface area contributed by atoms with Gasteiger partial charge in [-0.1, -0.05) is 81.8 Å². The molecule has 0 aliphatic carbocycles. The van der Waals surface area contributed by atoms with Crippen LogP contribution in [0.1, 0.15) is 68.6 Å². The number of hydrogen-bond acceptors (Lipinski definition) is 0. The van der Waals surface area contributed by atoms with Crippen molar-refractivity contribution in [1.82, 2.24) is 0 Å². The monoisotopic (exact) mass is 280 g/mol. The van der Waals surface area contributed by atoms with Gasteiger partial charge in [0.15, 0.2) is 0 Å². The van der Waals surface area contributed by atoms with Gasteiger partial charge in [0, 0.05) is 0 Å². The Kier molecular flexibility index (Phi) is 6.04. The number of rotatable bonds is 7. The SMILES string of the molecule is CCCc1ccc(C(C)CC(CC)c2ccccc2)cc1. The van der Waals surface area contributed by atoms with E-state index in [1.54, 1.807) is 0 Å². The van der Waals surface area contributed by atoms with Crippen molar-refractivity contribution in [1.29, 1.82) is 0 Å². The molecule has 0 nitrogen and oxygen atoms in total. The largest absolute Gasteiger partial charge is 0.0651 e. The maximum absolute atomic E-state index is 2.36. The van der Waals surface area contributed by atoms with Crippen LogP contribution in [-0.4, -0.2) is 0 Å². The van der Waals surface area contributed by atoms with E-state index in [0.29, 0.717) is 11.8 Å². The Labute approximate surface area is 130 Å². The molecule has 0 spiro atoms. The fraction of sp³-hybridized carbons (Fsp3) is 0.429. The van der Waals surface area contributed by atoms with Gasteiger partial charge in [-0.25, -0.2) is 0 Å². The quantitative estimate of drug-likeness (QED) is 0.556. The lowest BCUT2D eigenvalue weighted by atomic mass is 9.84. The van der Waals surface area contributed by atoms with Gasteiger partial charge in [0.2, 0.25) is 0 Å². The van der Waals surface area contributed by atoms with E-state index < -0.39 is 0 Å². The molecule has 21 heavy (non-hydrogen) atoms. The molecular formula is C21H28. The Hall–Kier alpha value is -1.56. The minimum atomic E-state index is 0.617. The molecule has 0 radical (unpaired) electrons. The van der Waals surface area contributed by atoms with Crippen LogP contribution in [0.3, 0.4) is 0 Å². The molecule has 112 valence electrons. The highest BCUT2D eigenvalue weighted by Crippen LogP contribution is 2.31. The Bertz CT molecular complexity index is 509. The Morgan fingerprint density at radius 2 is 1.48 bits per heavy atom. The summed E-state index contributed by atoms with van der Waals surface area (Å²) in [6.07, 6.45) is 4.85. The minimum Gasteiger partial charge on any atom is -0.0651 e. The molecule has 0 aliphatic heterocycles. The summed E-state index contributed by atoms with van der Waals surface area (Å²) in [6.45, 7) is 6.90. The molecule has 2 unspecified atom stereocenters. The van der Waals surface area contributed by atoms with Crippen LogP contribution in [-0.2, 0) is 6.42 Å². The maximum Gasteiger partial charge on any atom is -0.0159 e. The van der Waals surface area contributed by atoms with Crippen LogP contribution in [0, 0.1) is 0 Å². The van der Waals surface area contributed by atoms with Gasteiger partial charge in [-0.05, 0) is 47.8 Å². The van der Waals surface area contributed by atoms with Crippen molar-refractivity contribution < 1.29 is 0 Å². The average Bonchev–Trinajstić information content (AvgIpc) is 2.54. The van der Waals surface area contributed by atoms with E-state index in [9.17, 15) is 0 Å². The van der Waals surface area contributed by atoms with E-state index in [2.05, 4.69) is 75.4 Å². The van der Waals surface area contributed by atoms with Crippen LogP contribution in [0.15, 0.2) is 54.6 Å². The number of benzene rings is 2. The van der Waals surface area contributed by atoms with Crippen LogP contribution < -0.4 is 0 Å². The first kappa shape index (κ1) is 15.8. The molecule has 0 saturated heterocycles. The first-order chi connectivity index (χ1) is 10.2. The normalized spacial score (nSPS) is 13.9. The zero-order chi connectivity index (χ0) is 15.1. The van der Waals surface area contributed by atoms with Crippen molar-refractivity contribution in [2.24, 2.45) is 0 Å². The van der Waals surface area contributed by atoms with Gasteiger partial charge in [-0.2, -0.15) is 0 Å². The zero-order valence-electron chi connectivity index (χ0n) is 13.7. The van der Waals surface area contributed by atoms with Gasteiger partial charge in [-0.15, -0.1) is 0 Å². The van der Waals surface area contributed by atoms with Crippen LogP contribution >= 0.6 is 0 Å². The van der Waals surface area contributed by atoms with Gasteiger partial charge in [0.05, 0.1) is 0 Å². The molecule has 2 aromatic rings. The van der Waals surface area contributed by atoms with Crippen LogP contribution in [0.5, 0.6) is 0 Å². The van der Waals surface area contributed by atoms with E-state index in [1.165, 1.54) is 42.4 Å². The summed E-state index contributed by atoms with van der Waals surface area (Å²) in [6, 6.07) is 20.2. The lowest BCUT2D eigenvalue weighted by molar-refractivity contribution is 0.544. The third-order valence-electron chi connectivity index (χ3n) is 4.49. The Morgan fingerprint density at radius 1 is 0.810 bits per heavy atom. The molecule has 0 fully saturated rings. The summed E-state index contributed by atoms with van der Waals surface area (Å²) in [4.78, 5) is 0. The number of hydrogen-bond donors (Lipinski definition) is 0. The molecular weight excluding hydrogens is 252 g/mol. The molecule has 2 rings (SSSR count). The molecule has 0 heteroatoms. The predicted octanol–water partition coefficient (Wildman–Crippen LogP) is 6.33. The summed E-state index contributed by atoms with van der Waals surface area (Å²) in [5.41, 5.74) is 4.42. The van der Waals surface area contributed by atoms with Crippen molar-refractivity contribution in [3.05, 3.63) is 71.3 Å². The summed E-state index contributed by atoms with van der Waals surface area (Å²) in [5.74, 6) is 1.28. The highest BCUT2D eigenvalue weighted by Gasteiger charge is 2.14. The summed E-state index contributed by atoms with van der Waals surface area (Å²) in [5, 5.41) is 0. The maximum atomic E-state index is 2.36. The van der Waals surface area contributed by atoms with Crippen molar-refractivity contribution in [3.8, 4) is 0 Å². The first-order valence-corrected chi connectivity index (χ1v) is 8.38. The molecule has 0 N–H and O–H groups in total. The van der Waals surface area contributed by atoms with Crippen molar-refractivity contribution in [3.63, 3.8) is 0 Å². The second kappa shape index (κ2) is 8.02. The second-order valence-corrected chi connectivity index (χ2v) is 6.14. The van der Waals surface area contributed by atoms with E-state index in [1.807, 2.05) is 0 Å². The summed E-state index contributed by atoms with van der Waals surface area (Å²) in [7, 11) is 0. The topological polar surface area (TPSA) is 0 Å². The van der Waals surface area contributed by atoms with E-state index in [4.69, 9.17) is 0 Å². The third kappa shape index (κ3) is 4.46. The highest BCUT2D eigenvalue weighted by atomic mass is 14.2. The molecule has 2 atom stereocenters. The molecule has 2 aromatic carbocycles. The third-order valence-corrected chi connectivity index (χ3v) is 4.49. The van der Waals surface area contributed by atoms with E-state index in [-0.39, 0.29) is 0 Å². The molecule has 0 aromatic heterocycles. The van der Waals surface area contributed by atoms with E-state index in [0.717, 1.165) is 0 Å². The zero-order valence-corrected chi connectivity index (χ0v) is 13.7.